The Kier molecular flexibility index (Phi) is 3.98. The zero-order valence-electron chi connectivity index (χ0n) is 11.0. The smallest absolute Gasteiger partial charge is 0.193 e. The zero-order valence-corrected chi connectivity index (χ0v) is 12.7. The highest BCUT2D eigenvalue weighted by Crippen LogP contribution is 2.11. The summed E-state index contributed by atoms with van der Waals surface area (Å²) in [6.45, 7) is 1.44. The first-order valence-corrected chi connectivity index (χ1v) is 8.04. The summed E-state index contributed by atoms with van der Waals surface area (Å²) in [5.41, 5.74) is 2.27. The highest BCUT2D eigenvalue weighted by Gasteiger charge is 2.04. The van der Waals surface area contributed by atoms with Crippen LogP contribution in [0.5, 0.6) is 0 Å². The molecule has 2 N–H and O–H groups in total. The Balaban J connectivity index is 1.54. The van der Waals surface area contributed by atoms with E-state index in [1.165, 1.54) is 5.56 Å². The van der Waals surface area contributed by atoms with Crippen molar-refractivity contribution in [3.63, 3.8) is 0 Å². The highest BCUT2D eigenvalue weighted by atomic mass is 32.1. The number of nitrogens with one attached hydrogen (secondary N) is 2. The quantitative estimate of drug-likeness (QED) is 0.574. The van der Waals surface area contributed by atoms with Gasteiger partial charge in [0.15, 0.2) is 10.9 Å². The Morgan fingerprint density at radius 1 is 1.35 bits per heavy atom. The van der Waals surface area contributed by atoms with E-state index >= 15 is 0 Å². The van der Waals surface area contributed by atoms with Crippen LogP contribution >= 0.6 is 22.7 Å². The first-order chi connectivity index (χ1) is 9.85. The molecular weight excluding hydrogens is 290 g/mol. The SMILES string of the molecule is CN=C(NCc1ccsc1)NCc1cn2ccsc2n1. The summed E-state index contributed by atoms with van der Waals surface area (Å²) in [7, 11) is 1.77. The van der Waals surface area contributed by atoms with Crippen LogP contribution in [0.3, 0.4) is 0 Å². The molecule has 0 fully saturated rings. The predicted molar refractivity (Wildman–Crippen MR) is 84.4 cm³/mol. The lowest BCUT2D eigenvalue weighted by Crippen LogP contribution is -2.36. The maximum Gasteiger partial charge on any atom is 0.193 e. The molecule has 20 heavy (non-hydrogen) atoms. The van der Waals surface area contributed by atoms with E-state index in [2.05, 4.69) is 37.4 Å². The Labute approximate surface area is 125 Å². The average Bonchev–Trinajstić information content (AvgIpc) is 3.15. The van der Waals surface area contributed by atoms with Gasteiger partial charge in [-0.15, -0.1) is 11.3 Å². The van der Waals surface area contributed by atoms with Gasteiger partial charge in [-0.3, -0.25) is 9.39 Å². The van der Waals surface area contributed by atoms with Gasteiger partial charge >= 0.3 is 0 Å². The van der Waals surface area contributed by atoms with E-state index in [0.29, 0.717) is 6.54 Å². The molecule has 0 amide bonds. The van der Waals surface area contributed by atoms with E-state index in [9.17, 15) is 0 Å². The summed E-state index contributed by atoms with van der Waals surface area (Å²) in [5, 5.41) is 12.8. The van der Waals surface area contributed by atoms with Crippen molar-refractivity contribution in [2.24, 2.45) is 4.99 Å². The molecular formula is C13H15N5S2. The number of aromatic nitrogens is 2. The van der Waals surface area contributed by atoms with Crippen LogP contribution in [-0.2, 0) is 13.1 Å². The monoisotopic (exact) mass is 305 g/mol. The van der Waals surface area contributed by atoms with Gasteiger partial charge in [0, 0.05) is 31.4 Å². The van der Waals surface area contributed by atoms with Crippen molar-refractivity contribution < 1.29 is 0 Å². The van der Waals surface area contributed by atoms with Gasteiger partial charge in [-0.2, -0.15) is 11.3 Å². The molecule has 0 aliphatic heterocycles. The van der Waals surface area contributed by atoms with Gasteiger partial charge in [-0.1, -0.05) is 0 Å². The number of imidazole rings is 1. The third kappa shape index (κ3) is 3.00. The number of guanidine groups is 1. The third-order valence-corrected chi connectivity index (χ3v) is 4.35. The van der Waals surface area contributed by atoms with Crippen molar-refractivity contribution in [1.29, 1.82) is 0 Å². The zero-order chi connectivity index (χ0) is 13.8. The minimum atomic E-state index is 0.664. The summed E-state index contributed by atoms with van der Waals surface area (Å²) in [5.74, 6) is 0.785. The second kappa shape index (κ2) is 6.06. The number of nitrogens with zero attached hydrogens (tertiary/aromatic N) is 3. The van der Waals surface area contributed by atoms with Gasteiger partial charge in [0.2, 0.25) is 0 Å². The van der Waals surface area contributed by atoms with Gasteiger partial charge in [0.05, 0.1) is 12.2 Å². The molecule has 0 saturated carbocycles. The van der Waals surface area contributed by atoms with Crippen LogP contribution in [0.1, 0.15) is 11.3 Å². The van der Waals surface area contributed by atoms with Crippen LogP contribution in [0, 0.1) is 0 Å². The van der Waals surface area contributed by atoms with E-state index in [0.717, 1.165) is 23.2 Å². The minimum Gasteiger partial charge on any atom is -0.352 e. The van der Waals surface area contributed by atoms with Gasteiger partial charge in [0.25, 0.3) is 0 Å². The van der Waals surface area contributed by atoms with Crippen LogP contribution in [0.15, 0.2) is 39.6 Å². The molecule has 3 heterocycles. The molecule has 5 nitrogen and oxygen atoms in total. The molecule has 0 atom stereocenters. The molecule has 0 saturated heterocycles. The molecule has 3 rings (SSSR count). The van der Waals surface area contributed by atoms with Crippen LogP contribution in [0.2, 0.25) is 0 Å². The number of rotatable bonds is 4. The van der Waals surface area contributed by atoms with E-state index in [1.807, 2.05) is 22.2 Å². The van der Waals surface area contributed by atoms with Gasteiger partial charge in [0.1, 0.15) is 0 Å². The second-order valence-corrected chi connectivity index (χ2v) is 5.89. The Morgan fingerprint density at radius 3 is 3.00 bits per heavy atom. The molecule has 0 radical (unpaired) electrons. The maximum atomic E-state index is 4.53. The van der Waals surface area contributed by atoms with Crippen LogP contribution in [-0.4, -0.2) is 22.4 Å². The van der Waals surface area contributed by atoms with Crippen LogP contribution in [0.25, 0.3) is 4.96 Å². The molecule has 0 aliphatic carbocycles. The Morgan fingerprint density at radius 2 is 2.25 bits per heavy atom. The number of thiophene rings is 1. The summed E-state index contributed by atoms with van der Waals surface area (Å²) in [6.07, 6.45) is 4.05. The van der Waals surface area contributed by atoms with Gasteiger partial charge in [-0.05, 0) is 22.4 Å². The lowest BCUT2D eigenvalue weighted by molar-refractivity contribution is 0.800. The summed E-state index contributed by atoms with van der Waals surface area (Å²) in [4.78, 5) is 9.75. The largest absolute Gasteiger partial charge is 0.352 e. The lowest BCUT2D eigenvalue weighted by Gasteiger charge is -2.09. The fourth-order valence-electron chi connectivity index (χ4n) is 1.84. The van der Waals surface area contributed by atoms with E-state index in [-0.39, 0.29) is 0 Å². The first-order valence-electron chi connectivity index (χ1n) is 6.22. The third-order valence-electron chi connectivity index (χ3n) is 2.84. The highest BCUT2D eigenvalue weighted by molar-refractivity contribution is 7.15. The molecule has 3 aromatic heterocycles. The Hall–Kier alpha value is -1.86. The van der Waals surface area contributed by atoms with E-state index in [4.69, 9.17) is 0 Å². The normalized spacial score (nSPS) is 11.9. The molecule has 0 unspecified atom stereocenters. The number of hydrogen-bond acceptors (Lipinski definition) is 4. The second-order valence-electron chi connectivity index (χ2n) is 4.24. The molecule has 0 aliphatic rings. The van der Waals surface area contributed by atoms with Crippen molar-refractivity contribution in [1.82, 2.24) is 20.0 Å². The fourth-order valence-corrected chi connectivity index (χ4v) is 3.22. The summed E-state index contributed by atoms with van der Waals surface area (Å²) in [6, 6.07) is 2.11. The van der Waals surface area contributed by atoms with Crippen molar-refractivity contribution in [3.05, 3.63) is 45.9 Å². The number of hydrogen-bond donors (Lipinski definition) is 2. The standard InChI is InChI=1S/C13H15N5S2/c1-14-12(15-6-10-2-4-19-9-10)16-7-11-8-18-3-5-20-13(18)17-11/h2-5,8-9H,6-7H2,1H3,(H2,14,15,16). The lowest BCUT2D eigenvalue weighted by atomic mass is 10.3. The van der Waals surface area contributed by atoms with Crippen LogP contribution in [0.4, 0.5) is 0 Å². The summed E-state index contributed by atoms with van der Waals surface area (Å²) < 4.78 is 2.03. The topological polar surface area (TPSA) is 53.7 Å². The minimum absolute atomic E-state index is 0.664. The van der Waals surface area contributed by atoms with Gasteiger partial charge < -0.3 is 10.6 Å². The molecule has 3 aromatic rings. The van der Waals surface area contributed by atoms with E-state index < -0.39 is 0 Å². The fraction of sp³-hybridized carbons (Fsp3) is 0.231. The summed E-state index contributed by atoms with van der Waals surface area (Å²) >= 11 is 3.34. The van der Waals surface area contributed by atoms with Crippen LogP contribution < -0.4 is 10.6 Å². The van der Waals surface area contributed by atoms with E-state index in [1.54, 1.807) is 29.7 Å². The number of aliphatic imine (C=N–C) groups is 1. The van der Waals surface area contributed by atoms with Crippen molar-refractivity contribution in [2.45, 2.75) is 13.1 Å². The van der Waals surface area contributed by atoms with Crippen molar-refractivity contribution >= 4 is 33.6 Å². The number of thiazole rings is 1. The molecule has 0 aromatic carbocycles. The number of fused-ring (bicyclic) bond motifs is 1. The maximum absolute atomic E-state index is 4.53. The molecule has 0 spiro atoms. The molecule has 7 heteroatoms. The molecule has 104 valence electrons. The van der Waals surface area contributed by atoms with Crippen molar-refractivity contribution in [2.75, 3.05) is 7.05 Å². The predicted octanol–water partition coefficient (Wildman–Crippen LogP) is 2.32. The Bertz CT molecular complexity index is 667. The first kappa shape index (κ1) is 13.1. The van der Waals surface area contributed by atoms with Crippen molar-refractivity contribution in [3.8, 4) is 0 Å². The molecule has 0 bridgehead atoms. The average molecular weight is 305 g/mol. The van der Waals surface area contributed by atoms with Gasteiger partial charge in [-0.25, -0.2) is 4.98 Å².